The van der Waals surface area contributed by atoms with E-state index in [-0.39, 0.29) is 12.6 Å². The molecule has 0 saturated heterocycles. The number of nitrogens with zero attached hydrogens (tertiary/aromatic N) is 1. The maximum atomic E-state index is 10.8. The monoisotopic (exact) mass is 255 g/mol. The van der Waals surface area contributed by atoms with Gasteiger partial charge in [0.05, 0.1) is 6.54 Å². The highest BCUT2D eigenvalue weighted by atomic mass is 35.5. The molecule has 0 aliphatic rings. The molecule has 0 amide bonds. The Balaban J connectivity index is 2.82. The number of rotatable bonds is 5. The first-order valence-electron chi connectivity index (χ1n) is 5.61. The molecule has 0 bridgehead atoms. The maximum absolute atomic E-state index is 10.8. The molecule has 4 heteroatoms. The molecule has 0 aliphatic carbocycles. The summed E-state index contributed by atoms with van der Waals surface area (Å²) in [7, 11) is 0. The SMILES string of the molecule is Cc1ccc(CN(CC(=O)O)C(C)C)c(Cl)c1. The molecule has 0 radical (unpaired) electrons. The molecular weight excluding hydrogens is 238 g/mol. The van der Waals surface area contributed by atoms with Crippen LogP contribution >= 0.6 is 11.6 Å². The van der Waals surface area contributed by atoms with Crippen molar-refractivity contribution in [2.75, 3.05) is 6.54 Å². The molecule has 0 aromatic heterocycles. The minimum Gasteiger partial charge on any atom is -0.480 e. The molecule has 0 unspecified atom stereocenters. The lowest BCUT2D eigenvalue weighted by Crippen LogP contribution is -2.35. The first-order valence-corrected chi connectivity index (χ1v) is 5.99. The van der Waals surface area contributed by atoms with Crippen LogP contribution in [0.3, 0.4) is 0 Å². The van der Waals surface area contributed by atoms with Gasteiger partial charge in [0.2, 0.25) is 0 Å². The summed E-state index contributed by atoms with van der Waals surface area (Å²) >= 11 is 6.14. The van der Waals surface area contributed by atoms with Gasteiger partial charge in [-0.15, -0.1) is 0 Å². The number of benzene rings is 1. The van der Waals surface area contributed by atoms with E-state index in [0.29, 0.717) is 11.6 Å². The zero-order valence-corrected chi connectivity index (χ0v) is 11.2. The normalized spacial score (nSPS) is 11.2. The van der Waals surface area contributed by atoms with E-state index >= 15 is 0 Å². The Morgan fingerprint density at radius 3 is 2.59 bits per heavy atom. The van der Waals surface area contributed by atoms with Gasteiger partial charge >= 0.3 is 5.97 Å². The molecule has 0 spiro atoms. The number of aliphatic carboxylic acids is 1. The van der Waals surface area contributed by atoms with Crippen LogP contribution in [0.4, 0.5) is 0 Å². The zero-order valence-electron chi connectivity index (χ0n) is 10.4. The number of carboxylic acids is 1. The van der Waals surface area contributed by atoms with Crippen LogP contribution in [0.2, 0.25) is 5.02 Å². The lowest BCUT2D eigenvalue weighted by molar-refractivity contribution is -0.138. The van der Waals surface area contributed by atoms with Crippen LogP contribution in [0.1, 0.15) is 25.0 Å². The minimum atomic E-state index is -0.818. The third-order valence-corrected chi connectivity index (χ3v) is 3.00. The van der Waals surface area contributed by atoms with Crippen LogP contribution in [0.15, 0.2) is 18.2 Å². The fraction of sp³-hybridized carbons (Fsp3) is 0.462. The van der Waals surface area contributed by atoms with Crippen molar-refractivity contribution >= 4 is 17.6 Å². The van der Waals surface area contributed by atoms with Gasteiger partial charge in [0.25, 0.3) is 0 Å². The number of hydrogen-bond acceptors (Lipinski definition) is 2. The summed E-state index contributed by atoms with van der Waals surface area (Å²) in [4.78, 5) is 12.6. The van der Waals surface area contributed by atoms with Crippen molar-refractivity contribution in [1.29, 1.82) is 0 Å². The fourth-order valence-corrected chi connectivity index (χ4v) is 1.89. The summed E-state index contributed by atoms with van der Waals surface area (Å²) in [5.74, 6) is -0.818. The van der Waals surface area contributed by atoms with Crippen molar-refractivity contribution in [3.63, 3.8) is 0 Å². The van der Waals surface area contributed by atoms with Crippen LogP contribution in [0, 0.1) is 6.92 Å². The molecule has 0 saturated carbocycles. The van der Waals surface area contributed by atoms with E-state index in [1.807, 2.05) is 43.9 Å². The zero-order chi connectivity index (χ0) is 13.0. The Bertz CT molecular complexity index is 404. The van der Waals surface area contributed by atoms with E-state index in [1.54, 1.807) is 0 Å². The molecule has 0 fully saturated rings. The Morgan fingerprint density at radius 2 is 2.12 bits per heavy atom. The molecule has 1 aromatic carbocycles. The highest BCUT2D eigenvalue weighted by Crippen LogP contribution is 2.20. The third-order valence-electron chi connectivity index (χ3n) is 2.65. The highest BCUT2D eigenvalue weighted by molar-refractivity contribution is 6.31. The Labute approximate surface area is 107 Å². The lowest BCUT2D eigenvalue weighted by Gasteiger charge is -2.25. The largest absolute Gasteiger partial charge is 0.480 e. The Kier molecular flexibility index (Phi) is 4.97. The number of halogens is 1. The van der Waals surface area contributed by atoms with E-state index < -0.39 is 5.97 Å². The molecule has 1 aromatic rings. The van der Waals surface area contributed by atoms with Crippen LogP contribution in [0.25, 0.3) is 0 Å². The number of hydrogen-bond donors (Lipinski definition) is 1. The van der Waals surface area contributed by atoms with Crippen molar-refractivity contribution in [3.8, 4) is 0 Å². The second-order valence-corrected chi connectivity index (χ2v) is 4.89. The average Bonchev–Trinajstić information content (AvgIpc) is 2.19. The summed E-state index contributed by atoms with van der Waals surface area (Å²) < 4.78 is 0. The Morgan fingerprint density at radius 1 is 1.47 bits per heavy atom. The van der Waals surface area contributed by atoms with Crippen LogP contribution in [-0.2, 0) is 11.3 Å². The number of carboxylic acid groups (broad SMARTS) is 1. The Hall–Kier alpha value is -1.06. The summed E-state index contributed by atoms with van der Waals surface area (Å²) in [5.41, 5.74) is 2.07. The van der Waals surface area contributed by atoms with E-state index in [0.717, 1.165) is 11.1 Å². The predicted molar refractivity (Wildman–Crippen MR) is 69.4 cm³/mol. The number of aryl methyl sites for hydroxylation is 1. The predicted octanol–water partition coefficient (Wildman–Crippen LogP) is 2.94. The molecule has 0 heterocycles. The highest BCUT2D eigenvalue weighted by Gasteiger charge is 2.15. The molecular formula is C13H18ClNO2. The lowest BCUT2D eigenvalue weighted by atomic mass is 10.1. The van der Waals surface area contributed by atoms with Gasteiger partial charge in [-0.25, -0.2) is 0 Å². The average molecular weight is 256 g/mol. The first kappa shape index (κ1) is 14.0. The minimum absolute atomic E-state index is 0.0296. The van der Waals surface area contributed by atoms with Crippen molar-refractivity contribution in [3.05, 3.63) is 34.3 Å². The van der Waals surface area contributed by atoms with E-state index in [9.17, 15) is 4.79 Å². The van der Waals surface area contributed by atoms with Crippen molar-refractivity contribution in [2.45, 2.75) is 33.4 Å². The van der Waals surface area contributed by atoms with Gasteiger partial charge in [0.1, 0.15) is 0 Å². The molecule has 1 N–H and O–H groups in total. The molecule has 0 aliphatic heterocycles. The van der Waals surface area contributed by atoms with Gasteiger partial charge in [-0.1, -0.05) is 23.7 Å². The van der Waals surface area contributed by atoms with Gasteiger partial charge in [-0.05, 0) is 38.0 Å². The summed E-state index contributed by atoms with van der Waals surface area (Å²) in [6.45, 7) is 6.52. The molecule has 3 nitrogen and oxygen atoms in total. The second-order valence-electron chi connectivity index (χ2n) is 4.49. The first-order chi connectivity index (χ1) is 7.90. The maximum Gasteiger partial charge on any atom is 0.317 e. The second kappa shape index (κ2) is 6.03. The van der Waals surface area contributed by atoms with Crippen LogP contribution in [0.5, 0.6) is 0 Å². The molecule has 0 atom stereocenters. The summed E-state index contributed by atoms with van der Waals surface area (Å²) in [6.07, 6.45) is 0. The van der Waals surface area contributed by atoms with E-state index in [2.05, 4.69) is 0 Å². The number of carbonyl (C=O) groups is 1. The van der Waals surface area contributed by atoms with Gasteiger partial charge in [-0.2, -0.15) is 0 Å². The smallest absolute Gasteiger partial charge is 0.317 e. The summed E-state index contributed by atoms with van der Waals surface area (Å²) in [5, 5.41) is 9.54. The quantitative estimate of drug-likeness (QED) is 0.880. The van der Waals surface area contributed by atoms with Crippen LogP contribution < -0.4 is 0 Å². The van der Waals surface area contributed by atoms with Crippen molar-refractivity contribution in [2.24, 2.45) is 0 Å². The van der Waals surface area contributed by atoms with Gasteiger partial charge < -0.3 is 5.11 Å². The van der Waals surface area contributed by atoms with Crippen molar-refractivity contribution in [1.82, 2.24) is 4.90 Å². The summed E-state index contributed by atoms with van der Waals surface area (Å²) in [6, 6.07) is 6.01. The molecule has 17 heavy (non-hydrogen) atoms. The topological polar surface area (TPSA) is 40.5 Å². The fourth-order valence-electron chi connectivity index (χ4n) is 1.59. The standard InChI is InChI=1S/C13H18ClNO2/c1-9(2)15(8-13(16)17)7-11-5-4-10(3)6-12(11)14/h4-6,9H,7-8H2,1-3H3,(H,16,17). The van der Waals surface area contributed by atoms with E-state index in [4.69, 9.17) is 16.7 Å². The van der Waals surface area contributed by atoms with E-state index in [1.165, 1.54) is 0 Å². The van der Waals surface area contributed by atoms with Crippen molar-refractivity contribution < 1.29 is 9.90 Å². The third kappa shape index (κ3) is 4.36. The molecule has 94 valence electrons. The van der Waals surface area contributed by atoms with Crippen LogP contribution in [-0.4, -0.2) is 28.6 Å². The van der Waals surface area contributed by atoms with Gasteiger partial charge in [0.15, 0.2) is 0 Å². The van der Waals surface area contributed by atoms with Gasteiger partial charge in [-0.3, -0.25) is 9.69 Å². The molecule has 1 rings (SSSR count). The van der Waals surface area contributed by atoms with Gasteiger partial charge in [0, 0.05) is 17.6 Å².